The zero-order valence-electron chi connectivity index (χ0n) is 12.0. The number of amides is 3. The Morgan fingerprint density at radius 3 is 2.82 bits per heavy atom. The van der Waals surface area contributed by atoms with Crippen LogP contribution in [-0.2, 0) is 4.79 Å². The molecule has 0 spiro atoms. The SMILES string of the molecule is O=C(CNC(=O)NC1CC1)NC1CCSc2ccc(Cl)cc21. The second-order valence-electron chi connectivity index (χ2n) is 5.54. The van der Waals surface area contributed by atoms with Crippen molar-refractivity contribution in [3.63, 3.8) is 0 Å². The average Bonchev–Trinajstić information content (AvgIpc) is 3.30. The van der Waals surface area contributed by atoms with Crippen molar-refractivity contribution in [2.45, 2.75) is 36.2 Å². The van der Waals surface area contributed by atoms with E-state index in [1.807, 2.05) is 18.2 Å². The number of halogens is 1. The van der Waals surface area contributed by atoms with Crippen LogP contribution in [0.4, 0.5) is 4.79 Å². The van der Waals surface area contributed by atoms with Crippen LogP contribution in [-0.4, -0.2) is 30.3 Å². The molecule has 1 saturated carbocycles. The second-order valence-corrected chi connectivity index (χ2v) is 7.11. The molecule has 2 aliphatic rings. The molecular formula is C15H18ClN3O2S. The van der Waals surface area contributed by atoms with Gasteiger partial charge in [-0.3, -0.25) is 4.79 Å². The lowest BCUT2D eigenvalue weighted by atomic mass is 10.0. The summed E-state index contributed by atoms with van der Waals surface area (Å²) in [5.41, 5.74) is 1.06. The first kappa shape index (κ1) is 15.5. The van der Waals surface area contributed by atoms with Gasteiger partial charge in [0.25, 0.3) is 0 Å². The molecule has 1 aliphatic carbocycles. The molecule has 0 radical (unpaired) electrons. The van der Waals surface area contributed by atoms with Crippen molar-refractivity contribution in [2.75, 3.05) is 12.3 Å². The third-order valence-corrected chi connectivity index (χ3v) is 5.03. The van der Waals surface area contributed by atoms with Crippen LogP contribution in [0.15, 0.2) is 23.1 Å². The molecule has 3 rings (SSSR count). The third kappa shape index (κ3) is 4.08. The number of hydrogen-bond donors (Lipinski definition) is 3. The molecule has 1 heterocycles. The van der Waals surface area contributed by atoms with Crippen molar-refractivity contribution < 1.29 is 9.59 Å². The van der Waals surface area contributed by atoms with E-state index < -0.39 is 0 Å². The normalized spacial score (nSPS) is 20.0. The number of urea groups is 1. The van der Waals surface area contributed by atoms with Crippen LogP contribution >= 0.6 is 23.4 Å². The Balaban J connectivity index is 1.53. The Kier molecular flexibility index (Phi) is 4.78. The summed E-state index contributed by atoms with van der Waals surface area (Å²) >= 11 is 7.82. The van der Waals surface area contributed by atoms with Crippen molar-refractivity contribution >= 4 is 35.3 Å². The molecule has 1 fully saturated rings. The van der Waals surface area contributed by atoms with E-state index >= 15 is 0 Å². The van der Waals surface area contributed by atoms with Gasteiger partial charge in [-0.15, -0.1) is 11.8 Å². The number of fused-ring (bicyclic) bond motifs is 1. The zero-order chi connectivity index (χ0) is 15.5. The minimum Gasteiger partial charge on any atom is -0.348 e. The quantitative estimate of drug-likeness (QED) is 0.789. The summed E-state index contributed by atoms with van der Waals surface area (Å²) in [5, 5.41) is 9.01. The van der Waals surface area contributed by atoms with Crippen LogP contribution in [0.2, 0.25) is 5.02 Å². The molecule has 0 bridgehead atoms. The monoisotopic (exact) mass is 339 g/mol. The smallest absolute Gasteiger partial charge is 0.315 e. The largest absolute Gasteiger partial charge is 0.348 e. The standard InChI is InChI=1S/C15H18ClN3O2S/c16-9-1-4-13-11(7-9)12(5-6-22-13)19-14(20)8-17-15(21)18-10-2-3-10/h1,4,7,10,12H,2-3,5-6,8H2,(H,19,20)(H2,17,18,21). The number of carbonyl (C=O) groups excluding carboxylic acids is 2. The summed E-state index contributed by atoms with van der Waals surface area (Å²) in [7, 11) is 0. The lowest BCUT2D eigenvalue weighted by Gasteiger charge is -2.26. The molecule has 3 N–H and O–H groups in total. The lowest BCUT2D eigenvalue weighted by Crippen LogP contribution is -2.43. The molecule has 22 heavy (non-hydrogen) atoms. The Morgan fingerprint density at radius 2 is 2.05 bits per heavy atom. The van der Waals surface area contributed by atoms with E-state index in [1.54, 1.807) is 11.8 Å². The van der Waals surface area contributed by atoms with Crippen molar-refractivity contribution in [2.24, 2.45) is 0 Å². The molecule has 5 nitrogen and oxygen atoms in total. The maximum Gasteiger partial charge on any atom is 0.315 e. The molecule has 3 amide bonds. The average molecular weight is 340 g/mol. The fourth-order valence-corrected chi connectivity index (χ4v) is 3.67. The van der Waals surface area contributed by atoms with Gasteiger partial charge in [-0.2, -0.15) is 0 Å². The van der Waals surface area contributed by atoms with Gasteiger partial charge in [-0.1, -0.05) is 11.6 Å². The Labute approximate surface area is 138 Å². The maximum atomic E-state index is 12.0. The fourth-order valence-electron chi connectivity index (χ4n) is 2.39. The highest BCUT2D eigenvalue weighted by Crippen LogP contribution is 2.37. The Hall–Kier alpha value is -1.40. The van der Waals surface area contributed by atoms with Crippen molar-refractivity contribution in [1.29, 1.82) is 0 Å². The number of nitrogens with one attached hydrogen (secondary N) is 3. The van der Waals surface area contributed by atoms with Crippen LogP contribution in [0.1, 0.15) is 30.9 Å². The van der Waals surface area contributed by atoms with Gasteiger partial charge in [0, 0.05) is 21.7 Å². The third-order valence-electron chi connectivity index (χ3n) is 3.67. The predicted molar refractivity (Wildman–Crippen MR) is 87.2 cm³/mol. The van der Waals surface area contributed by atoms with E-state index in [2.05, 4.69) is 16.0 Å². The highest BCUT2D eigenvalue weighted by atomic mass is 35.5. The van der Waals surface area contributed by atoms with Crippen LogP contribution in [0, 0.1) is 0 Å². The molecule has 1 aromatic rings. The molecule has 1 aromatic carbocycles. The van der Waals surface area contributed by atoms with Gasteiger partial charge < -0.3 is 16.0 Å². The van der Waals surface area contributed by atoms with E-state index in [1.165, 1.54) is 0 Å². The van der Waals surface area contributed by atoms with Crippen molar-refractivity contribution in [1.82, 2.24) is 16.0 Å². The van der Waals surface area contributed by atoms with E-state index in [4.69, 9.17) is 11.6 Å². The Bertz CT molecular complexity index is 592. The first-order valence-corrected chi connectivity index (χ1v) is 8.74. The topological polar surface area (TPSA) is 70.2 Å². The minimum atomic E-state index is -0.278. The molecule has 118 valence electrons. The maximum absolute atomic E-state index is 12.0. The highest BCUT2D eigenvalue weighted by molar-refractivity contribution is 7.99. The van der Waals surface area contributed by atoms with Crippen molar-refractivity contribution in [3.05, 3.63) is 28.8 Å². The van der Waals surface area contributed by atoms with Gasteiger partial charge in [0.2, 0.25) is 5.91 Å². The fraction of sp³-hybridized carbons (Fsp3) is 0.467. The number of hydrogen-bond acceptors (Lipinski definition) is 3. The number of thioether (sulfide) groups is 1. The number of rotatable bonds is 4. The molecule has 1 aliphatic heterocycles. The van der Waals surface area contributed by atoms with Gasteiger partial charge >= 0.3 is 6.03 Å². The summed E-state index contributed by atoms with van der Waals surface area (Å²) in [4.78, 5) is 24.7. The van der Waals surface area contributed by atoms with E-state index in [0.29, 0.717) is 5.02 Å². The molecule has 1 atom stereocenters. The van der Waals surface area contributed by atoms with Crippen LogP contribution in [0.25, 0.3) is 0 Å². The first-order chi connectivity index (χ1) is 10.6. The first-order valence-electron chi connectivity index (χ1n) is 7.38. The molecule has 1 unspecified atom stereocenters. The van der Waals surface area contributed by atoms with Gasteiger partial charge in [-0.05, 0) is 43.0 Å². The van der Waals surface area contributed by atoms with E-state index in [9.17, 15) is 9.59 Å². The summed E-state index contributed by atoms with van der Waals surface area (Å²) in [6.07, 6.45) is 2.91. The Morgan fingerprint density at radius 1 is 1.23 bits per heavy atom. The van der Waals surface area contributed by atoms with E-state index in [-0.39, 0.29) is 30.6 Å². The summed E-state index contributed by atoms with van der Waals surface area (Å²) in [6.45, 7) is -0.0158. The number of benzene rings is 1. The summed E-state index contributed by atoms with van der Waals surface area (Å²) in [6, 6.07) is 5.72. The van der Waals surface area contributed by atoms with Crippen LogP contribution in [0.5, 0.6) is 0 Å². The highest BCUT2D eigenvalue weighted by Gasteiger charge is 2.24. The molecule has 7 heteroatoms. The van der Waals surface area contributed by atoms with E-state index in [0.717, 1.165) is 35.5 Å². The summed E-state index contributed by atoms with van der Waals surface area (Å²) in [5.74, 6) is 0.767. The summed E-state index contributed by atoms with van der Waals surface area (Å²) < 4.78 is 0. The van der Waals surface area contributed by atoms with Gasteiger partial charge in [0.15, 0.2) is 0 Å². The predicted octanol–water partition coefficient (Wildman–Crippen LogP) is 2.45. The lowest BCUT2D eigenvalue weighted by molar-refractivity contribution is -0.120. The van der Waals surface area contributed by atoms with Gasteiger partial charge in [0.1, 0.15) is 0 Å². The van der Waals surface area contributed by atoms with Gasteiger partial charge in [0.05, 0.1) is 12.6 Å². The van der Waals surface area contributed by atoms with Crippen LogP contribution < -0.4 is 16.0 Å². The minimum absolute atomic E-state index is 0.0158. The molecule has 0 aromatic heterocycles. The molecular weight excluding hydrogens is 322 g/mol. The van der Waals surface area contributed by atoms with Crippen LogP contribution in [0.3, 0.4) is 0 Å². The van der Waals surface area contributed by atoms with Gasteiger partial charge in [-0.25, -0.2) is 4.79 Å². The second kappa shape index (κ2) is 6.79. The van der Waals surface area contributed by atoms with Crippen molar-refractivity contribution in [3.8, 4) is 0 Å². The molecule has 0 saturated heterocycles. The number of carbonyl (C=O) groups is 2. The zero-order valence-corrected chi connectivity index (χ0v) is 13.6.